The van der Waals surface area contributed by atoms with Gasteiger partial charge in [0, 0.05) is 42.9 Å². The zero-order valence-corrected chi connectivity index (χ0v) is 18.0. The Morgan fingerprint density at radius 1 is 1.23 bits per heavy atom. The molecule has 0 aliphatic carbocycles. The molecule has 6 nitrogen and oxygen atoms in total. The molecule has 31 heavy (non-hydrogen) atoms. The number of likely N-dealkylation sites (tertiary alicyclic amines) is 1. The quantitative estimate of drug-likeness (QED) is 0.386. The van der Waals surface area contributed by atoms with Crippen LogP contribution in [0.4, 0.5) is 8.78 Å². The first-order valence-corrected chi connectivity index (χ1v) is 10.1. The van der Waals surface area contributed by atoms with Crippen LogP contribution in [0.25, 0.3) is 0 Å². The summed E-state index contributed by atoms with van der Waals surface area (Å²) in [6.45, 7) is 1.83. The lowest BCUT2D eigenvalue weighted by atomic mass is 10.1. The van der Waals surface area contributed by atoms with E-state index in [2.05, 4.69) is 19.8 Å². The minimum absolute atomic E-state index is 0.0325. The number of rotatable bonds is 7. The summed E-state index contributed by atoms with van der Waals surface area (Å²) < 4.78 is 30.6. The van der Waals surface area contributed by atoms with Crippen LogP contribution < -0.4 is 4.74 Å². The molecule has 2 aromatic carbocycles. The number of alkyl halides is 2. The van der Waals surface area contributed by atoms with Crippen LogP contribution in [0.3, 0.4) is 0 Å². The molecule has 0 spiro atoms. The van der Waals surface area contributed by atoms with Crippen LogP contribution in [-0.4, -0.2) is 54.0 Å². The van der Waals surface area contributed by atoms with E-state index in [0.29, 0.717) is 37.0 Å². The number of halogens is 3. The molecule has 1 saturated heterocycles. The summed E-state index contributed by atoms with van der Waals surface area (Å²) in [5.74, 6) is 0.315. The number of amidine groups is 1. The van der Waals surface area contributed by atoms with Crippen LogP contribution >= 0.6 is 11.6 Å². The van der Waals surface area contributed by atoms with Crippen molar-refractivity contribution in [3.05, 3.63) is 64.7 Å². The molecule has 3 rings (SSSR count). The van der Waals surface area contributed by atoms with E-state index in [0.717, 1.165) is 5.56 Å². The summed E-state index contributed by atoms with van der Waals surface area (Å²) in [4.78, 5) is 11.4. The van der Waals surface area contributed by atoms with Gasteiger partial charge in [-0.3, -0.25) is 4.90 Å². The Morgan fingerprint density at radius 3 is 2.52 bits per heavy atom. The second-order valence-corrected chi connectivity index (χ2v) is 7.76. The third-order valence-corrected chi connectivity index (χ3v) is 4.93. The molecule has 1 heterocycles. The largest absolute Gasteiger partial charge is 0.433 e. The molecular formula is C22H24ClF2N3O3. The van der Waals surface area contributed by atoms with Crippen molar-refractivity contribution in [1.29, 1.82) is 0 Å². The van der Waals surface area contributed by atoms with Crippen molar-refractivity contribution in [2.45, 2.75) is 38.1 Å². The maximum atomic E-state index is 13.0. The second-order valence-electron chi connectivity index (χ2n) is 7.32. The SMILES string of the molecule is CO/N=C(\N=CC1C[C@@H](O)CN1Cc1ccc(Cl)cc1)c1ccc(OC(C)(F)F)cc1. The number of oxime groups is 1. The van der Waals surface area contributed by atoms with Gasteiger partial charge < -0.3 is 14.7 Å². The summed E-state index contributed by atoms with van der Waals surface area (Å²) in [5, 5.41) is 14.7. The number of aliphatic imine (C=N–C) groups is 1. The van der Waals surface area contributed by atoms with Gasteiger partial charge >= 0.3 is 6.11 Å². The molecule has 0 bridgehead atoms. The van der Waals surface area contributed by atoms with Crippen LogP contribution in [-0.2, 0) is 11.4 Å². The molecule has 166 valence electrons. The van der Waals surface area contributed by atoms with E-state index >= 15 is 0 Å². The van der Waals surface area contributed by atoms with Gasteiger partial charge in [-0.1, -0.05) is 28.9 Å². The van der Waals surface area contributed by atoms with Gasteiger partial charge in [0.2, 0.25) is 0 Å². The summed E-state index contributed by atoms with van der Waals surface area (Å²) in [6, 6.07) is 13.4. The van der Waals surface area contributed by atoms with Gasteiger partial charge in [0.05, 0.1) is 6.10 Å². The number of aliphatic hydroxyl groups is 1. The van der Waals surface area contributed by atoms with Crippen molar-refractivity contribution < 1.29 is 23.5 Å². The average molecular weight is 452 g/mol. The first kappa shape index (κ1) is 23.1. The number of nitrogens with zero attached hydrogens (tertiary/aromatic N) is 3. The van der Waals surface area contributed by atoms with Gasteiger partial charge in [-0.05, 0) is 48.4 Å². The highest BCUT2D eigenvalue weighted by Crippen LogP contribution is 2.23. The summed E-state index contributed by atoms with van der Waals surface area (Å²) in [7, 11) is 1.40. The Labute approximate surface area is 184 Å². The fourth-order valence-electron chi connectivity index (χ4n) is 3.34. The Kier molecular flexibility index (Phi) is 7.59. The average Bonchev–Trinajstić information content (AvgIpc) is 3.05. The molecule has 9 heteroatoms. The van der Waals surface area contributed by atoms with Crippen LogP contribution in [0, 0.1) is 0 Å². The van der Waals surface area contributed by atoms with Crippen molar-refractivity contribution in [3.8, 4) is 5.75 Å². The third kappa shape index (κ3) is 6.99. The molecule has 1 unspecified atom stereocenters. The van der Waals surface area contributed by atoms with E-state index in [1.54, 1.807) is 18.3 Å². The standard InChI is InChI=1S/C22H24ClF2N3O3/c1-22(24,25)31-20-9-5-16(6-10-20)21(27-30-2)26-12-18-11-19(29)14-28(18)13-15-3-7-17(23)8-4-15/h3-10,12,18-19,29H,11,13-14H2,1-2H3/b26-12?,27-21-/t18?,19-/m1/s1. The highest BCUT2D eigenvalue weighted by molar-refractivity contribution is 6.30. The normalized spacial score (nSPS) is 20.4. The highest BCUT2D eigenvalue weighted by atomic mass is 35.5. The van der Waals surface area contributed by atoms with E-state index in [9.17, 15) is 13.9 Å². The zero-order valence-electron chi connectivity index (χ0n) is 17.2. The maximum absolute atomic E-state index is 13.0. The monoisotopic (exact) mass is 451 g/mol. The van der Waals surface area contributed by atoms with Crippen LogP contribution in [0.15, 0.2) is 58.7 Å². The first-order chi connectivity index (χ1) is 14.7. The Morgan fingerprint density at radius 2 is 1.90 bits per heavy atom. The molecule has 0 aromatic heterocycles. The van der Waals surface area contributed by atoms with Gasteiger partial charge in [0.1, 0.15) is 12.9 Å². The van der Waals surface area contributed by atoms with Gasteiger partial charge in [0.15, 0.2) is 5.84 Å². The lowest BCUT2D eigenvalue weighted by Crippen LogP contribution is -2.30. The molecule has 1 aliphatic heterocycles. The smallest absolute Gasteiger partial charge is 0.394 e. The summed E-state index contributed by atoms with van der Waals surface area (Å²) in [6.07, 6.45) is -1.47. The van der Waals surface area contributed by atoms with E-state index in [1.165, 1.54) is 19.2 Å². The van der Waals surface area contributed by atoms with Gasteiger partial charge in [0.25, 0.3) is 0 Å². The lowest BCUT2D eigenvalue weighted by molar-refractivity contribution is -0.158. The van der Waals surface area contributed by atoms with Gasteiger partial charge in [-0.2, -0.15) is 8.78 Å². The van der Waals surface area contributed by atoms with E-state index < -0.39 is 12.2 Å². The number of β-amino-alcohol motifs (C(OH)–C–C–N with tert-alkyl or cyclic N) is 1. The minimum Gasteiger partial charge on any atom is -0.433 e. The van der Waals surface area contributed by atoms with Crippen molar-refractivity contribution in [2.75, 3.05) is 13.7 Å². The molecule has 0 saturated carbocycles. The van der Waals surface area contributed by atoms with E-state index in [1.807, 2.05) is 24.3 Å². The molecule has 0 radical (unpaired) electrons. The molecule has 2 aromatic rings. The molecule has 1 aliphatic rings. The Hall–Kier alpha value is -2.55. The van der Waals surface area contributed by atoms with Gasteiger partial charge in [-0.25, -0.2) is 4.99 Å². The number of hydrogen-bond donors (Lipinski definition) is 1. The van der Waals surface area contributed by atoms with Crippen LogP contribution in [0.5, 0.6) is 5.75 Å². The fourth-order valence-corrected chi connectivity index (χ4v) is 3.47. The molecule has 1 fully saturated rings. The predicted molar refractivity (Wildman–Crippen MR) is 116 cm³/mol. The van der Waals surface area contributed by atoms with E-state index in [4.69, 9.17) is 16.4 Å². The number of aliphatic hydroxyl groups excluding tert-OH is 1. The van der Waals surface area contributed by atoms with Crippen molar-refractivity contribution >= 4 is 23.7 Å². The Balaban J connectivity index is 1.72. The van der Waals surface area contributed by atoms with Crippen LogP contribution in [0.1, 0.15) is 24.5 Å². The summed E-state index contributed by atoms with van der Waals surface area (Å²) >= 11 is 5.95. The molecule has 2 atom stereocenters. The third-order valence-electron chi connectivity index (χ3n) is 4.68. The molecular weight excluding hydrogens is 428 g/mol. The lowest BCUT2D eigenvalue weighted by Gasteiger charge is -2.21. The highest BCUT2D eigenvalue weighted by Gasteiger charge is 2.30. The molecule has 0 amide bonds. The maximum Gasteiger partial charge on any atom is 0.394 e. The van der Waals surface area contributed by atoms with Crippen molar-refractivity contribution in [3.63, 3.8) is 0 Å². The van der Waals surface area contributed by atoms with Crippen molar-refractivity contribution in [2.24, 2.45) is 10.1 Å². The topological polar surface area (TPSA) is 66.7 Å². The summed E-state index contributed by atoms with van der Waals surface area (Å²) in [5.41, 5.74) is 1.65. The minimum atomic E-state index is -3.26. The molecule has 1 N–H and O–H groups in total. The second kappa shape index (κ2) is 10.2. The fraction of sp³-hybridized carbons (Fsp3) is 0.364. The van der Waals surface area contributed by atoms with Crippen LogP contribution in [0.2, 0.25) is 5.02 Å². The number of benzene rings is 2. The van der Waals surface area contributed by atoms with Gasteiger partial charge in [-0.15, -0.1) is 0 Å². The number of ether oxygens (including phenoxy) is 1. The first-order valence-electron chi connectivity index (χ1n) is 9.72. The van der Waals surface area contributed by atoms with E-state index in [-0.39, 0.29) is 17.6 Å². The predicted octanol–water partition coefficient (Wildman–Crippen LogP) is 4.35. The number of hydrogen-bond acceptors (Lipinski definition) is 5. The Bertz CT molecular complexity index is 915. The zero-order chi connectivity index (χ0) is 22.4. The van der Waals surface area contributed by atoms with Crippen molar-refractivity contribution in [1.82, 2.24) is 4.90 Å².